The molecule has 0 bridgehead atoms. The van der Waals surface area contributed by atoms with Crippen molar-refractivity contribution in [3.05, 3.63) is 78.1 Å². The van der Waals surface area contributed by atoms with Crippen LogP contribution in [0.4, 0.5) is 28.4 Å². The number of anilines is 2. The first kappa shape index (κ1) is 21.7. The fraction of sp³-hybridized carbons (Fsp3) is 0.160. The van der Waals surface area contributed by atoms with Crippen molar-refractivity contribution < 1.29 is 17.6 Å². The molecule has 2 aromatic heterocycles. The molecule has 0 spiro atoms. The van der Waals surface area contributed by atoms with Crippen molar-refractivity contribution in [3.63, 3.8) is 0 Å². The number of alkyl halides is 3. The van der Waals surface area contributed by atoms with Gasteiger partial charge in [0, 0.05) is 22.9 Å². The molecule has 0 saturated heterocycles. The van der Waals surface area contributed by atoms with Crippen LogP contribution in [0.15, 0.2) is 66.7 Å². The number of fused-ring (bicyclic) bond motifs is 1. The molecule has 0 unspecified atom stereocenters. The van der Waals surface area contributed by atoms with Crippen LogP contribution in [-0.2, 0) is 6.18 Å². The van der Waals surface area contributed by atoms with Gasteiger partial charge in [0.1, 0.15) is 16.6 Å². The van der Waals surface area contributed by atoms with Crippen LogP contribution in [0.25, 0.3) is 33.0 Å². The minimum Gasteiger partial charge on any atom is -0.330 e. The zero-order valence-corrected chi connectivity index (χ0v) is 18.9. The average Bonchev–Trinajstić information content (AvgIpc) is 3.45. The molecule has 10 heteroatoms. The standard InChI is InChI=1S/C25H17F4N5S/c26-17-6-4-14(5-7-17)22-31-20-13-18(8-11-21(20)34(22)19-9-10-19)30-24-33-32-23(35-24)15-2-1-3-16(12-15)25(27,28)29/h1-8,11-13,19H,9-10H2,(H,30,33). The molecule has 3 aromatic carbocycles. The van der Waals surface area contributed by atoms with E-state index in [1.165, 1.54) is 29.5 Å². The third-order valence-electron chi connectivity index (χ3n) is 5.82. The highest BCUT2D eigenvalue weighted by atomic mass is 32.1. The second-order valence-electron chi connectivity index (χ2n) is 8.36. The van der Waals surface area contributed by atoms with Crippen molar-refractivity contribution in [1.82, 2.24) is 19.7 Å². The Bertz CT molecular complexity index is 1530. The molecule has 1 saturated carbocycles. The smallest absolute Gasteiger partial charge is 0.330 e. The molecule has 1 fully saturated rings. The van der Waals surface area contributed by atoms with Gasteiger partial charge in [-0.2, -0.15) is 13.2 Å². The van der Waals surface area contributed by atoms with Gasteiger partial charge in [-0.3, -0.25) is 0 Å². The molecule has 0 aliphatic heterocycles. The maximum Gasteiger partial charge on any atom is 0.416 e. The maximum atomic E-state index is 13.4. The lowest BCUT2D eigenvalue weighted by Gasteiger charge is -2.08. The van der Waals surface area contributed by atoms with Crippen LogP contribution in [0.5, 0.6) is 0 Å². The Kier molecular flexibility index (Phi) is 5.06. The summed E-state index contributed by atoms with van der Waals surface area (Å²) in [4.78, 5) is 4.82. The first-order valence-electron chi connectivity index (χ1n) is 10.9. The van der Waals surface area contributed by atoms with E-state index in [2.05, 4.69) is 20.1 Å². The lowest BCUT2D eigenvalue weighted by Crippen LogP contribution is -2.04. The van der Waals surface area contributed by atoms with Crippen molar-refractivity contribution >= 4 is 33.2 Å². The number of imidazole rings is 1. The lowest BCUT2D eigenvalue weighted by atomic mass is 10.1. The Labute approximate surface area is 201 Å². The van der Waals surface area contributed by atoms with Crippen LogP contribution >= 0.6 is 11.3 Å². The van der Waals surface area contributed by atoms with E-state index in [4.69, 9.17) is 4.98 Å². The highest BCUT2D eigenvalue weighted by Gasteiger charge is 2.31. The molecule has 0 amide bonds. The van der Waals surface area contributed by atoms with Gasteiger partial charge in [0.2, 0.25) is 5.13 Å². The summed E-state index contributed by atoms with van der Waals surface area (Å²) >= 11 is 1.17. The summed E-state index contributed by atoms with van der Waals surface area (Å²) in [7, 11) is 0. The van der Waals surface area contributed by atoms with E-state index in [1.54, 1.807) is 18.2 Å². The van der Waals surface area contributed by atoms with Crippen molar-refractivity contribution in [2.45, 2.75) is 25.1 Å². The summed E-state index contributed by atoms with van der Waals surface area (Å²) in [6.07, 6.45) is -2.28. The summed E-state index contributed by atoms with van der Waals surface area (Å²) in [6.45, 7) is 0. The van der Waals surface area contributed by atoms with E-state index >= 15 is 0 Å². The predicted molar refractivity (Wildman–Crippen MR) is 127 cm³/mol. The average molecular weight is 496 g/mol. The summed E-state index contributed by atoms with van der Waals surface area (Å²) < 4.78 is 54.8. The zero-order chi connectivity index (χ0) is 24.2. The van der Waals surface area contributed by atoms with E-state index in [-0.39, 0.29) is 5.82 Å². The van der Waals surface area contributed by atoms with Crippen LogP contribution < -0.4 is 5.32 Å². The Hall–Kier alpha value is -3.79. The molecule has 1 aliphatic rings. The third kappa shape index (κ3) is 4.25. The Morgan fingerprint density at radius 2 is 1.71 bits per heavy atom. The monoisotopic (exact) mass is 495 g/mol. The van der Waals surface area contributed by atoms with Gasteiger partial charge >= 0.3 is 6.18 Å². The number of aromatic nitrogens is 4. The summed E-state index contributed by atoms with van der Waals surface area (Å²) in [5.41, 5.74) is 2.97. The lowest BCUT2D eigenvalue weighted by molar-refractivity contribution is -0.137. The van der Waals surface area contributed by atoms with Crippen LogP contribution in [-0.4, -0.2) is 19.7 Å². The number of rotatable bonds is 5. The predicted octanol–water partition coefficient (Wildman–Crippen LogP) is 7.46. The Morgan fingerprint density at radius 3 is 2.46 bits per heavy atom. The Balaban J connectivity index is 1.30. The van der Waals surface area contributed by atoms with Gasteiger partial charge in [-0.25, -0.2) is 9.37 Å². The minimum atomic E-state index is -4.42. The molecular weight excluding hydrogens is 478 g/mol. The quantitative estimate of drug-likeness (QED) is 0.257. The van der Waals surface area contributed by atoms with Gasteiger partial charge in [0.15, 0.2) is 0 Å². The number of hydrogen-bond donors (Lipinski definition) is 1. The maximum absolute atomic E-state index is 13.4. The fourth-order valence-corrected chi connectivity index (χ4v) is 4.78. The largest absolute Gasteiger partial charge is 0.416 e. The molecule has 176 valence electrons. The van der Waals surface area contributed by atoms with Crippen LogP contribution in [0.1, 0.15) is 24.4 Å². The van der Waals surface area contributed by atoms with E-state index < -0.39 is 11.7 Å². The number of halogens is 4. The van der Waals surface area contributed by atoms with Gasteiger partial charge in [-0.15, -0.1) is 10.2 Å². The number of nitrogens with zero attached hydrogens (tertiary/aromatic N) is 4. The number of benzene rings is 3. The van der Waals surface area contributed by atoms with Gasteiger partial charge in [0.05, 0.1) is 16.6 Å². The first-order chi connectivity index (χ1) is 16.8. The molecule has 0 atom stereocenters. The van der Waals surface area contributed by atoms with Crippen LogP contribution in [0.3, 0.4) is 0 Å². The molecule has 0 radical (unpaired) electrons. The summed E-state index contributed by atoms with van der Waals surface area (Å²) in [5, 5.41) is 12.2. The highest BCUT2D eigenvalue weighted by molar-refractivity contribution is 7.18. The van der Waals surface area contributed by atoms with E-state index in [0.29, 0.717) is 21.7 Å². The van der Waals surface area contributed by atoms with Gasteiger partial charge in [0.25, 0.3) is 0 Å². The first-order valence-corrected chi connectivity index (χ1v) is 11.7. The van der Waals surface area contributed by atoms with Crippen LogP contribution in [0, 0.1) is 5.82 Å². The SMILES string of the molecule is Fc1ccc(-c2nc3cc(Nc4nnc(-c5cccc(C(F)(F)F)c5)s4)ccc3n2C2CC2)cc1. The molecule has 6 rings (SSSR count). The normalized spacial score (nSPS) is 13.9. The zero-order valence-electron chi connectivity index (χ0n) is 18.1. The second kappa shape index (κ2) is 8.16. The van der Waals surface area contributed by atoms with E-state index in [9.17, 15) is 17.6 Å². The number of nitrogens with one attached hydrogen (secondary N) is 1. The molecule has 5 nitrogen and oxygen atoms in total. The summed E-state index contributed by atoms with van der Waals surface area (Å²) in [6, 6.07) is 17.5. The van der Waals surface area contributed by atoms with Gasteiger partial charge in [-0.1, -0.05) is 23.5 Å². The van der Waals surface area contributed by atoms with Crippen molar-refractivity contribution in [2.75, 3.05) is 5.32 Å². The van der Waals surface area contributed by atoms with Crippen LogP contribution in [0.2, 0.25) is 0 Å². The topological polar surface area (TPSA) is 55.6 Å². The highest BCUT2D eigenvalue weighted by Crippen LogP contribution is 2.42. The molecular formula is C25H17F4N5S. The van der Waals surface area contributed by atoms with E-state index in [0.717, 1.165) is 53.1 Å². The molecule has 1 N–H and O–H groups in total. The molecule has 1 aliphatic carbocycles. The van der Waals surface area contributed by atoms with Crippen molar-refractivity contribution in [2.24, 2.45) is 0 Å². The minimum absolute atomic E-state index is 0.295. The number of hydrogen-bond acceptors (Lipinski definition) is 5. The third-order valence-corrected chi connectivity index (χ3v) is 6.70. The second-order valence-corrected chi connectivity index (χ2v) is 9.34. The fourth-order valence-electron chi connectivity index (χ4n) is 4.02. The van der Waals surface area contributed by atoms with Crippen molar-refractivity contribution in [3.8, 4) is 22.0 Å². The van der Waals surface area contributed by atoms with Crippen molar-refractivity contribution in [1.29, 1.82) is 0 Å². The van der Waals surface area contributed by atoms with Gasteiger partial charge in [-0.05, 0) is 67.4 Å². The molecule has 5 aromatic rings. The van der Waals surface area contributed by atoms with E-state index in [1.807, 2.05) is 18.2 Å². The molecule has 2 heterocycles. The summed E-state index contributed by atoms with van der Waals surface area (Å²) in [5.74, 6) is 0.498. The van der Waals surface area contributed by atoms with Gasteiger partial charge < -0.3 is 9.88 Å². The Morgan fingerprint density at radius 1 is 0.914 bits per heavy atom. The molecule has 35 heavy (non-hydrogen) atoms.